The third-order valence-electron chi connectivity index (χ3n) is 3.10. The van der Waals surface area contributed by atoms with Gasteiger partial charge in [0.25, 0.3) is 11.8 Å². The van der Waals surface area contributed by atoms with Gasteiger partial charge in [-0.2, -0.15) is 0 Å². The van der Waals surface area contributed by atoms with E-state index in [4.69, 9.17) is 11.6 Å². The first-order chi connectivity index (χ1) is 10.6. The number of nitrogens with one attached hydrogen (secondary N) is 2. The number of hydrogen-bond acceptors (Lipinski definition) is 2. The first kappa shape index (κ1) is 16.0. The molecule has 0 heterocycles. The van der Waals surface area contributed by atoms with Crippen LogP contribution in [0.3, 0.4) is 0 Å². The lowest BCUT2D eigenvalue weighted by atomic mass is 10.1. The van der Waals surface area contributed by atoms with Gasteiger partial charge in [-0.25, -0.2) is 0 Å². The van der Waals surface area contributed by atoms with Crippen molar-refractivity contribution in [2.45, 2.75) is 6.92 Å². The smallest absolute Gasteiger partial charge is 0.251 e. The first-order valence-corrected chi connectivity index (χ1v) is 7.33. The Labute approximate surface area is 134 Å². The first-order valence-electron chi connectivity index (χ1n) is 6.95. The van der Waals surface area contributed by atoms with Crippen LogP contribution < -0.4 is 10.6 Å². The van der Waals surface area contributed by atoms with Crippen molar-refractivity contribution >= 4 is 23.4 Å². The number of aryl methyl sites for hydroxylation is 1. The van der Waals surface area contributed by atoms with Gasteiger partial charge in [0.05, 0.1) is 0 Å². The summed E-state index contributed by atoms with van der Waals surface area (Å²) in [6.07, 6.45) is 0. The van der Waals surface area contributed by atoms with E-state index in [0.29, 0.717) is 29.2 Å². The zero-order valence-corrected chi connectivity index (χ0v) is 13.0. The predicted molar refractivity (Wildman–Crippen MR) is 87.3 cm³/mol. The maximum absolute atomic E-state index is 11.9. The third kappa shape index (κ3) is 4.60. The van der Waals surface area contributed by atoms with Crippen LogP contribution in [0.2, 0.25) is 5.02 Å². The van der Waals surface area contributed by atoms with Gasteiger partial charge < -0.3 is 10.6 Å². The Morgan fingerprint density at radius 3 is 2.09 bits per heavy atom. The van der Waals surface area contributed by atoms with E-state index in [-0.39, 0.29) is 11.8 Å². The molecule has 0 unspecified atom stereocenters. The van der Waals surface area contributed by atoms with Crippen molar-refractivity contribution < 1.29 is 9.59 Å². The SMILES string of the molecule is Cc1ccc(C(=O)NCCNC(=O)c2cccc(Cl)c2)cc1. The number of amides is 2. The van der Waals surface area contributed by atoms with E-state index in [1.165, 1.54) is 0 Å². The van der Waals surface area contributed by atoms with E-state index >= 15 is 0 Å². The van der Waals surface area contributed by atoms with Gasteiger partial charge in [-0.1, -0.05) is 35.4 Å². The van der Waals surface area contributed by atoms with Gasteiger partial charge in [0.1, 0.15) is 0 Å². The second kappa shape index (κ2) is 7.61. The van der Waals surface area contributed by atoms with Crippen LogP contribution in [-0.4, -0.2) is 24.9 Å². The molecule has 0 aromatic heterocycles. The summed E-state index contributed by atoms with van der Waals surface area (Å²) >= 11 is 5.83. The molecule has 0 bridgehead atoms. The monoisotopic (exact) mass is 316 g/mol. The molecule has 0 aliphatic carbocycles. The summed E-state index contributed by atoms with van der Waals surface area (Å²) < 4.78 is 0. The summed E-state index contributed by atoms with van der Waals surface area (Å²) in [7, 11) is 0. The summed E-state index contributed by atoms with van der Waals surface area (Å²) in [4.78, 5) is 23.7. The van der Waals surface area contributed by atoms with Crippen molar-refractivity contribution in [3.63, 3.8) is 0 Å². The lowest BCUT2D eigenvalue weighted by molar-refractivity contribution is 0.0927. The lowest BCUT2D eigenvalue weighted by Crippen LogP contribution is -2.34. The molecule has 0 aliphatic rings. The Morgan fingerprint density at radius 1 is 0.909 bits per heavy atom. The second-order valence-electron chi connectivity index (χ2n) is 4.89. The molecule has 2 rings (SSSR count). The highest BCUT2D eigenvalue weighted by molar-refractivity contribution is 6.30. The van der Waals surface area contributed by atoms with E-state index in [1.54, 1.807) is 36.4 Å². The number of halogens is 1. The number of carbonyl (C=O) groups is 2. The van der Waals surface area contributed by atoms with E-state index in [1.807, 2.05) is 19.1 Å². The fourth-order valence-electron chi connectivity index (χ4n) is 1.89. The Kier molecular flexibility index (Phi) is 5.55. The quantitative estimate of drug-likeness (QED) is 0.833. The molecule has 22 heavy (non-hydrogen) atoms. The van der Waals surface area contributed by atoms with E-state index in [2.05, 4.69) is 10.6 Å². The highest BCUT2D eigenvalue weighted by Crippen LogP contribution is 2.10. The highest BCUT2D eigenvalue weighted by atomic mass is 35.5. The molecule has 114 valence electrons. The van der Waals surface area contributed by atoms with Crippen LogP contribution in [0.25, 0.3) is 0 Å². The topological polar surface area (TPSA) is 58.2 Å². The van der Waals surface area contributed by atoms with Gasteiger partial charge in [-0.15, -0.1) is 0 Å². The fraction of sp³-hybridized carbons (Fsp3) is 0.176. The molecule has 2 aromatic carbocycles. The van der Waals surface area contributed by atoms with E-state index < -0.39 is 0 Å². The maximum atomic E-state index is 11.9. The molecule has 0 atom stereocenters. The van der Waals surface area contributed by atoms with E-state index in [9.17, 15) is 9.59 Å². The summed E-state index contributed by atoms with van der Waals surface area (Å²) in [5.41, 5.74) is 2.20. The summed E-state index contributed by atoms with van der Waals surface area (Å²) in [5, 5.41) is 6.00. The van der Waals surface area contributed by atoms with Crippen LogP contribution in [0.15, 0.2) is 48.5 Å². The molecule has 0 saturated heterocycles. The number of rotatable bonds is 5. The number of hydrogen-bond donors (Lipinski definition) is 2. The van der Waals surface area contributed by atoms with Crippen LogP contribution in [0, 0.1) is 6.92 Å². The lowest BCUT2D eigenvalue weighted by Gasteiger charge is -2.07. The Bertz CT molecular complexity index is 669. The summed E-state index contributed by atoms with van der Waals surface area (Å²) in [5.74, 6) is -0.371. The summed E-state index contributed by atoms with van der Waals surface area (Å²) in [6, 6.07) is 14.0. The minimum Gasteiger partial charge on any atom is -0.350 e. The maximum Gasteiger partial charge on any atom is 0.251 e. The van der Waals surface area contributed by atoms with Gasteiger partial charge in [0.2, 0.25) is 0 Å². The number of carbonyl (C=O) groups excluding carboxylic acids is 2. The minimum atomic E-state index is -0.216. The molecule has 0 aliphatic heterocycles. The van der Waals surface area contributed by atoms with Crippen molar-refractivity contribution in [1.29, 1.82) is 0 Å². The molecule has 2 amide bonds. The van der Waals surface area contributed by atoms with Crippen molar-refractivity contribution in [3.05, 3.63) is 70.2 Å². The average molecular weight is 317 g/mol. The van der Waals surface area contributed by atoms with Crippen LogP contribution >= 0.6 is 11.6 Å². The van der Waals surface area contributed by atoms with Gasteiger partial charge in [0.15, 0.2) is 0 Å². The molecular weight excluding hydrogens is 300 g/mol. The molecule has 0 fully saturated rings. The largest absolute Gasteiger partial charge is 0.350 e. The van der Waals surface area contributed by atoms with Crippen molar-refractivity contribution in [3.8, 4) is 0 Å². The second-order valence-corrected chi connectivity index (χ2v) is 5.32. The zero-order valence-electron chi connectivity index (χ0n) is 12.2. The summed E-state index contributed by atoms with van der Waals surface area (Å²) in [6.45, 7) is 2.68. The molecular formula is C17H17ClN2O2. The number of benzene rings is 2. The third-order valence-corrected chi connectivity index (χ3v) is 3.33. The molecule has 2 N–H and O–H groups in total. The minimum absolute atomic E-state index is 0.156. The van der Waals surface area contributed by atoms with Gasteiger partial charge in [0, 0.05) is 29.2 Å². The molecule has 5 heteroatoms. The Balaban J connectivity index is 1.76. The van der Waals surface area contributed by atoms with Crippen molar-refractivity contribution in [2.24, 2.45) is 0 Å². The van der Waals surface area contributed by atoms with Gasteiger partial charge >= 0.3 is 0 Å². The molecule has 2 aromatic rings. The van der Waals surface area contributed by atoms with E-state index in [0.717, 1.165) is 5.56 Å². The standard InChI is InChI=1S/C17H17ClN2O2/c1-12-5-7-13(8-6-12)16(21)19-9-10-20-17(22)14-3-2-4-15(18)11-14/h2-8,11H,9-10H2,1H3,(H,19,21)(H,20,22). The molecule has 0 spiro atoms. The zero-order chi connectivity index (χ0) is 15.9. The van der Waals surface area contributed by atoms with Crippen molar-refractivity contribution in [2.75, 3.05) is 13.1 Å². The molecule has 0 saturated carbocycles. The molecule has 4 nitrogen and oxygen atoms in total. The van der Waals surface area contributed by atoms with Crippen LogP contribution in [0.5, 0.6) is 0 Å². The Hall–Kier alpha value is -2.33. The van der Waals surface area contributed by atoms with Crippen LogP contribution in [0.1, 0.15) is 26.3 Å². The average Bonchev–Trinajstić information content (AvgIpc) is 2.51. The van der Waals surface area contributed by atoms with Gasteiger partial charge in [-0.05, 0) is 37.3 Å². The van der Waals surface area contributed by atoms with Crippen LogP contribution in [-0.2, 0) is 0 Å². The Morgan fingerprint density at radius 2 is 1.50 bits per heavy atom. The molecule has 0 radical (unpaired) electrons. The predicted octanol–water partition coefficient (Wildman–Crippen LogP) is 2.81. The fourth-order valence-corrected chi connectivity index (χ4v) is 2.08. The van der Waals surface area contributed by atoms with Crippen molar-refractivity contribution in [1.82, 2.24) is 10.6 Å². The van der Waals surface area contributed by atoms with Gasteiger partial charge in [-0.3, -0.25) is 9.59 Å². The normalized spacial score (nSPS) is 10.1. The van der Waals surface area contributed by atoms with Crippen LogP contribution in [0.4, 0.5) is 0 Å². The highest BCUT2D eigenvalue weighted by Gasteiger charge is 2.06.